The molecule has 1 fully saturated rings. The number of hydrogen-bond acceptors (Lipinski definition) is 1. The minimum Gasteiger partial charge on any atom is -0.304 e. The summed E-state index contributed by atoms with van der Waals surface area (Å²) in [6, 6.07) is 0.770. The molecule has 0 amide bonds. The van der Waals surface area contributed by atoms with Gasteiger partial charge < -0.3 is 4.90 Å². The molecular weight excluding hydrogens is 254 g/mol. The molecule has 4 atom stereocenters. The Bertz CT molecular complexity index is 248. The molecule has 0 bridgehead atoms. The van der Waals surface area contributed by atoms with E-state index in [1.54, 1.807) is 0 Å². The zero-order valence-electron chi connectivity index (χ0n) is 15.5. The molecule has 1 rings (SSSR count). The maximum atomic E-state index is 2.62. The van der Waals surface area contributed by atoms with E-state index in [0.29, 0.717) is 0 Å². The second-order valence-corrected chi connectivity index (χ2v) is 7.67. The largest absolute Gasteiger partial charge is 0.304 e. The molecule has 0 aliphatic carbocycles. The van der Waals surface area contributed by atoms with E-state index in [1.807, 2.05) is 0 Å². The number of unbranched alkanes of at least 4 members (excludes halogenated alkanes) is 1. The Morgan fingerprint density at radius 3 is 2.43 bits per heavy atom. The standard InChI is InChI=1S/C20H41N/c1-6-9-13-19(11-7-2)20-15-17(4)21(5)14-10-12-18(8-3)16-20/h17-20H,6-16H2,1-5H3. The smallest absolute Gasteiger partial charge is 0.00666 e. The van der Waals surface area contributed by atoms with Gasteiger partial charge in [0.2, 0.25) is 0 Å². The van der Waals surface area contributed by atoms with Crippen LogP contribution in [-0.4, -0.2) is 24.5 Å². The van der Waals surface area contributed by atoms with Gasteiger partial charge in [-0.05, 0) is 64.0 Å². The minimum absolute atomic E-state index is 0.770. The average Bonchev–Trinajstić information content (AvgIpc) is 2.54. The Morgan fingerprint density at radius 1 is 1.05 bits per heavy atom. The Morgan fingerprint density at radius 2 is 1.81 bits per heavy atom. The van der Waals surface area contributed by atoms with Gasteiger partial charge in [-0.3, -0.25) is 0 Å². The Labute approximate surface area is 134 Å². The fraction of sp³-hybridized carbons (Fsp3) is 1.00. The zero-order chi connectivity index (χ0) is 15.7. The molecule has 0 radical (unpaired) electrons. The minimum atomic E-state index is 0.770. The number of hydrogen-bond donors (Lipinski definition) is 0. The van der Waals surface area contributed by atoms with Gasteiger partial charge in [0, 0.05) is 6.04 Å². The number of rotatable bonds is 7. The normalized spacial score (nSPS) is 30.4. The van der Waals surface area contributed by atoms with Gasteiger partial charge in [-0.25, -0.2) is 0 Å². The molecule has 1 saturated heterocycles. The molecule has 0 aromatic carbocycles. The van der Waals surface area contributed by atoms with Crippen molar-refractivity contribution in [3.63, 3.8) is 0 Å². The Balaban J connectivity index is 2.77. The molecular formula is C20H41N. The van der Waals surface area contributed by atoms with Crippen LogP contribution in [0.1, 0.15) is 91.9 Å². The summed E-state index contributed by atoms with van der Waals surface area (Å²) in [4.78, 5) is 2.62. The lowest BCUT2D eigenvalue weighted by Gasteiger charge is -2.33. The first kappa shape index (κ1) is 19.0. The van der Waals surface area contributed by atoms with Crippen molar-refractivity contribution in [2.75, 3.05) is 13.6 Å². The van der Waals surface area contributed by atoms with E-state index in [-0.39, 0.29) is 0 Å². The Hall–Kier alpha value is -0.0400. The molecule has 0 aromatic heterocycles. The van der Waals surface area contributed by atoms with E-state index in [1.165, 1.54) is 70.8 Å². The highest BCUT2D eigenvalue weighted by Crippen LogP contribution is 2.36. The summed E-state index contributed by atoms with van der Waals surface area (Å²) in [5, 5.41) is 0. The molecule has 1 heterocycles. The third-order valence-electron chi connectivity index (χ3n) is 5.99. The van der Waals surface area contributed by atoms with Crippen LogP contribution >= 0.6 is 0 Å². The van der Waals surface area contributed by atoms with Gasteiger partial charge in [0.1, 0.15) is 0 Å². The third kappa shape index (κ3) is 6.72. The van der Waals surface area contributed by atoms with Crippen LogP contribution in [-0.2, 0) is 0 Å². The van der Waals surface area contributed by atoms with E-state index in [9.17, 15) is 0 Å². The molecule has 126 valence electrons. The molecule has 1 aliphatic rings. The van der Waals surface area contributed by atoms with Crippen LogP contribution in [0.2, 0.25) is 0 Å². The van der Waals surface area contributed by atoms with Crippen molar-refractivity contribution in [3.05, 3.63) is 0 Å². The fourth-order valence-electron chi connectivity index (χ4n) is 4.32. The van der Waals surface area contributed by atoms with Gasteiger partial charge in [0.25, 0.3) is 0 Å². The molecule has 0 N–H and O–H groups in total. The molecule has 0 saturated carbocycles. The highest BCUT2D eigenvalue weighted by Gasteiger charge is 2.27. The summed E-state index contributed by atoms with van der Waals surface area (Å²) in [5.74, 6) is 2.93. The van der Waals surface area contributed by atoms with Crippen LogP contribution in [0.3, 0.4) is 0 Å². The van der Waals surface area contributed by atoms with Gasteiger partial charge in [0.05, 0.1) is 0 Å². The highest BCUT2D eigenvalue weighted by atomic mass is 15.1. The summed E-state index contributed by atoms with van der Waals surface area (Å²) >= 11 is 0. The summed E-state index contributed by atoms with van der Waals surface area (Å²) in [7, 11) is 2.34. The van der Waals surface area contributed by atoms with Crippen LogP contribution in [0.25, 0.3) is 0 Å². The molecule has 21 heavy (non-hydrogen) atoms. The van der Waals surface area contributed by atoms with Gasteiger partial charge in [-0.1, -0.05) is 59.3 Å². The van der Waals surface area contributed by atoms with Gasteiger partial charge in [-0.2, -0.15) is 0 Å². The first-order valence-electron chi connectivity index (χ1n) is 9.82. The quantitative estimate of drug-likeness (QED) is 0.546. The van der Waals surface area contributed by atoms with E-state index in [4.69, 9.17) is 0 Å². The van der Waals surface area contributed by atoms with Crippen molar-refractivity contribution in [2.24, 2.45) is 17.8 Å². The third-order valence-corrected chi connectivity index (χ3v) is 5.99. The maximum absolute atomic E-state index is 2.62. The first-order valence-corrected chi connectivity index (χ1v) is 9.82. The molecule has 4 unspecified atom stereocenters. The summed E-state index contributed by atoms with van der Waals surface area (Å²) in [6.45, 7) is 10.9. The highest BCUT2D eigenvalue weighted by molar-refractivity contribution is 4.80. The van der Waals surface area contributed by atoms with Crippen molar-refractivity contribution < 1.29 is 0 Å². The molecule has 0 aromatic rings. The van der Waals surface area contributed by atoms with Crippen molar-refractivity contribution in [3.8, 4) is 0 Å². The van der Waals surface area contributed by atoms with E-state index in [2.05, 4.69) is 39.6 Å². The second-order valence-electron chi connectivity index (χ2n) is 7.67. The van der Waals surface area contributed by atoms with Gasteiger partial charge in [0.15, 0.2) is 0 Å². The summed E-state index contributed by atoms with van der Waals surface area (Å²) in [6.07, 6.45) is 14.3. The predicted molar refractivity (Wildman–Crippen MR) is 95.8 cm³/mol. The first-order chi connectivity index (χ1) is 10.1. The molecule has 1 heteroatoms. The molecule has 1 aliphatic heterocycles. The van der Waals surface area contributed by atoms with Crippen LogP contribution < -0.4 is 0 Å². The number of nitrogens with zero attached hydrogens (tertiary/aromatic N) is 1. The Kier molecular flexibility index (Phi) is 9.64. The lowest BCUT2D eigenvalue weighted by atomic mass is 9.75. The second kappa shape index (κ2) is 10.6. The van der Waals surface area contributed by atoms with Crippen molar-refractivity contribution in [1.82, 2.24) is 4.90 Å². The molecule has 0 spiro atoms. The summed E-state index contributed by atoms with van der Waals surface area (Å²) < 4.78 is 0. The monoisotopic (exact) mass is 295 g/mol. The maximum Gasteiger partial charge on any atom is 0.00666 e. The lowest BCUT2D eigenvalue weighted by molar-refractivity contribution is 0.171. The van der Waals surface area contributed by atoms with Crippen LogP contribution in [0.5, 0.6) is 0 Å². The predicted octanol–water partition coefficient (Wildman–Crippen LogP) is 6.13. The summed E-state index contributed by atoms with van der Waals surface area (Å²) in [5.41, 5.74) is 0. The van der Waals surface area contributed by atoms with Crippen molar-refractivity contribution in [1.29, 1.82) is 0 Å². The van der Waals surface area contributed by atoms with Crippen LogP contribution in [0, 0.1) is 17.8 Å². The SMILES string of the molecule is CCCCC(CCC)C1CC(CC)CCCN(C)C(C)C1. The van der Waals surface area contributed by atoms with E-state index in [0.717, 1.165) is 23.8 Å². The lowest BCUT2D eigenvalue weighted by Crippen LogP contribution is -2.32. The van der Waals surface area contributed by atoms with Gasteiger partial charge >= 0.3 is 0 Å². The van der Waals surface area contributed by atoms with Gasteiger partial charge in [-0.15, -0.1) is 0 Å². The molecule has 1 nitrogen and oxygen atoms in total. The van der Waals surface area contributed by atoms with E-state index < -0.39 is 0 Å². The van der Waals surface area contributed by atoms with E-state index >= 15 is 0 Å². The van der Waals surface area contributed by atoms with Crippen LogP contribution in [0.4, 0.5) is 0 Å². The topological polar surface area (TPSA) is 3.24 Å². The van der Waals surface area contributed by atoms with Crippen molar-refractivity contribution >= 4 is 0 Å². The van der Waals surface area contributed by atoms with Crippen LogP contribution in [0.15, 0.2) is 0 Å². The van der Waals surface area contributed by atoms with Crippen molar-refractivity contribution in [2.45, 2.75) is 97.9 Å². The fourth-order valence-corrected chi connectivity index (χ4v) is 4.32. The average molecular weight is 296 g/mol. The zero-order valence-corrected chi connectivity index (χ0v) is 15.5.